The number of carbonyl (C=O) groups is 2. The van der Waals surface area contributed by atoms with Crippen molar-refractivity contribution in [2.75, 3.05) is 0 Å². The highest BCUT2D eigenvalue weighted by Gasteiger charge is 2.17. The van der Waals surface area contributed by atoms with Crippen LogP contribution in [0.5, 0.6) is 0 Å². The Morgan fingerprint density at radius 2 is 2.00 bits per heavy atom. The normalized spacial score (nSPS) is 10.6. The number of nitrogens with zero attached hydrogens (tertiary/aromatic N) is 3. The van der Waals surface area contributed by atoms with Crippen LogP contribution >= 0.6 is 0 Å². The fraction of sp³-hybridized carbons (Fsp3) is 0.111. The second-order valence-corrected chi connectivity index (χ2v) is 3.17. The van der Waals surface area contributed by atoms with E-state index in [0.29, 0.717) is 5.39 Å². The molecule has 0 aliphatic rings. The molecule has 0 saturated heterocycles. The van der Waals surface area contributed by atoms with E-state index in [0.717, 1.165) is 6.07 Å². The van der Waals surface area contributed by atoms with Crippen LogP contribution in [0.1, 0.15) is 20.8 Å². The highest BCUT2D eigenvalue weighted by molar-refractivity contribution is 6.03. The molecular weight excluding hydrogens is 214 g/mol. The first-order valence-corrected chi connectivity index (χ1v) is 4.30. The third-order valence-corrected chi connectivity index (χ3v) is 2.15. The molecule has 0 aromatic carbocycles. The molecule has 7 nitrogen and oxygen atoms in total. The molecule has 0 unspecified atom stereocenters. The Labute approximate surface area is 88.9 Å². The van der Waals surface area contributed by atoms with Gasteiger partial charge in [0.05, 0.1) is 17.1 Å². The zero-order chi connectivity index (χ0) is 11.9. The van der Waals surface area contributed by atoms with Crippen LogP contribution in [0.4, 0.5) is 0 Å². The first kappa shape index (κ1) is 10.1. The van der Waals surface area contributed by atoms with Gasteiger partial charge in [0, 0.05) is 7.05 Å². The van der Waals surface area contributed by atoms with E-state index in [1.165, 1.54) is 10.9 Å². The van der Waals surface area contributed by atoms with Gasteiger partial charge >= 0.3 is 11.9 Å². The molecule has 2 heterocycles. The summed E-state index contributed by atoms with van der Waals surface area (Å²) in [7, 11) is 1.56. The molecule has 0 radical (unpaired) electrons. The molecule has 0 saturated carbocycles. The van der Waals surface area contributed by atoms with E-state index in [-0.39, 0.29) is 16.9 Å². The number of hydrogen-bond acceptors (Lipinski definition) is 4. The lowest BCUT2D eigenvalue weighted by molar-refractivity contribution is 0.0691. The number of aromatic nitrogens is 3. The molecule has 2 aromatic rings. The van der Waals surface area contributed by atoms with Crippen molar-refractivity contribution >= 4 is 23.0 Å². The van der Waals surface area contributed by atoms with Crippen molar-refractivity contribution in [1.82, 2.24) is 14.8 Å². The lowest BCUT2D eigenvalue weighted by atomic mass is 10.1. The van der Waals surface area contributed by atoms with E-state index in [2.05, 4.69) is 10.1 Å². The molecule has 0 atom stereocenters. The highest BCUT2D eigenvalue weighted by Crippen LogP contribution is 2.17. The summed E-state index contributed by atoms with van der Waals surface area (Å²) in [4.78, 5) is 25.5. The standard InChI is InChI=1S/C9H7N3O4/c1-12-7-5(3-10-12)4(8(13)14)2-6(11-7)9(15)16/h2-3H,1H3,(H,13,14)(H,15,16). The first-order valence-electron chi connectivity index (χ1n) is 4.30. The largest absolute Gasteiger partial charge is 0.478 e. The Balaban J connectivity index is 2.86. The average molecular weight is 221 g/mol. The van der Waals surface area contributed by atoms with Gasteiger partial charge in [-0.2, -0.15) is 5.10 Å². The minimum absolute atomic E-state index is 0.115. The summed E-state index contributed by atoms with van der Waals surface area (Å²) in [6.07, 6.45) is 1.34. The van der Waals surface area contributed by atoms with Crippen LogP contribution in [0.25, 0.3) is 11.0 Å². The molecule has 2 N–H and O–H groups in total. The van der Waals surface area contributed by atoms with Gasteiger partial charge < -0.3 is 10.2 Å². The zero-order valence-corrected chi connectivity index (χ0v) is 8.21. The molecule has 16 heavy (non-hydrogen) atoms. The molecule has 0 aliphatic carbocycles. The number of fused-ring (bicyclic) bond motifs is 1. The number of hydrogen-bond donors (Lipinski definition) is 2. The van der Waals surface area contributed by atoms with Crippen LogP contribution < -0.4 is 0 Å². The van der Waals surface area contributed by atoms with Crippen molar-refractivity contribution in [3.63, 3.8) is 0 Å². The van der Waals surface area contributed by atoms with E-state index >= 15 is 0 Å². The summed E-state index contributed by atoms with van der Waals surface area (Å²) >= 11 is 0. The Morgan fingerprint density at radius 1 is 1.31 bits per heavy atom. The Kier molecular flexibility index (Phi) is 2.08. The van der Waals surface area contributed by atoms with Crippen molar-refractivity contribution < 1.29 is 19.8 Å². The van der Waals surface area contributed by atoms with Crippen molar-refractivity contribution in [3.05, 3.63) is 23.5 Å². The van der Waals surface area contributed by atoms with Gasteiger partial charge in [-0.05, 0) is 6.07 Å². The summed E-state index contributed by atoms with van der Waals surface area (Å²) in [6, 6.07) is 1.02. The Morgan fingerprint density at radius 3 is 2.56 bits per heavy atom. The number of rotatable bonds is 2. The summed E-state index contributed by atoms with van der Waals surface area (Å²) in [5.74, 6) is -2.48. The lowest BCUT2D eigenvalue weighted by Crippen LogP contribution is -2.07. The first-order chi connectivity index (χ1) is 7.50. The fourth-order valence-electron chi connectivity index (χ4n) is 1.40. The van der Waals surface area contributed by atoms with Crippen molar-refractivity contribution in [2.45, 2.75) is 0 Å². The van der Waals surface area contributed by atoms with E-state index in [4.69, 9.17) is 10.2 Å². The zero-order valence-electron chi connectivity index (χ0n) is 8.21. The summed E-state index contributed by atoms with van der Waals surface area (Å²) in [5.41, 5.74) is -0.193. The second-order valence-electron chi connectivity index (χ2n) is 3.17. The Hall–Kier alpha value is -2.44. The van der Waals surface area contributed by atoms with Crippen LogP contribution in [0.15, 0.2) is 12.3 Å². The van der Waals surface area contributed by atoms with Crippen LogP contribution in [-0.4, -0.2) is 36.9 Å². The summed E-state index contributed by atoms with van der Waals surface area (Å²) < 4.78 is 1.33. The molecule has 0 aliphatic heterocycles. The minimum Gasteiger partial charge on any atom is -0.478 e. The van der Waals surface area contributed by atoms with Gasteiger partial charge in [0.15, 0.2) is 11.3 Å². The van der Waals surface area contributed by atoms with Crippen molar-refractivity contribution in [1.29, 1.82) is 0 Å². The van der Waals surface area contributed by atoms with Gasteiger partial charge in [-0.1, -0.05) is 0 Å². The van der Waals surface area contributed by atoms with Crippen LogP contribution in [-0.2, 0) is 7.05 Å². The maximum absolute atomic E-state index is 10.9. The van der Waals surface area contributed by atoms with Gasteiger partial charge in [0.2, 0.25) is 0 Å². The topological polar surface area (TPSA) is 105 Å². The maximum Gasteiger partial charge on any atom is 0.354 e. The van der Waals surface area contributed by atoms with E-state index in [9.17, 15) is 9.59 Å². The molecule has 82 valence electrons. The smallest absolute Gasteiger partial charge is 0.354 e. The molecular formula is C9H7N3O4. The predicted octanol–water partition coefficient (Wildman–Crippen LogP) is 0.365. The van der Waals surface area contributed by atoms with Crippen LogP contribution in [0.2, 0.25) is 0 Å². The van der Waals surface area contributed by atoms with Crippen LogP contribution in [0, 0.1) is 0 Å². The third-order valence-electron chi connectivity index (χ3n) is 2.15. The number of pyridine rings is 1. The molecule has 0 amide bonds. The maximum atomic E-state index is 10.9. The molecule has 0 bridgehead atoms. The number of aryl methyl sites for hydroxylation is 1. The van der Waals surface area contributed by atoms with Gasteiger partial charge in [0.1, 0.15) is 0 Å². The average Bonchev–Trinajstić information content (AvgIpc) is 2.59. The van der Waals surface area contributed by atoms with Crippen molar-refractivity contribution in [3.8, 4) is 0 Å². The number of aromatic carboxylic acids is 2. The number of carboxylic acids is 2. The molecule has 0 fully saturated rings. The second kappa shape index (κ2) is 3.30. The minimum atomic E-state index is -1.27. The monoisotopic (exact) mass is 221 g/mol. The van der Waals surface area contributed by atoms with E-state index in [1.54, 1.807) is 7.05 Å². The Bertz CT molecular complexity index is 602. The van der Waals surface area contributed by atoms with Crippen LogP contribution in [0.3, 0.4) is 0 Å². The van der Waals surface area contributed by atoms with E-state index < -0.39 is 11.9 Å². The fourth-order valence-corrected chi connectivity index (χ4v) is 1.40. The van der Waals surface area contributed by atoms with Gasteiger partial charge in [-0.25, -0.2) is 14.6 Å². The molecule has 0 spiro atoms. The van der Waals surface area contributed by atoms with Gasteiger partial charge in [-0.3, -0.25) is 4.68 Å². The van der Waals surface area contributed by atoms with Gasteiger partial charge in [0.25, 0.3) is 0 Å². The molecule has 7 heteroatoms. The number of carboxylic acid groups (broad SMARTS) is 2. The summed E-state index contributed by atoms with van der Waals surface area (Å²) in [6.45, 7) is 0. The molecule has 2 rings (SSSR count). The third kappa shape index (κ3) is 1.38. The van der Waals surface area contributed by atoms with Crippen molar-refractivity contribution in [2.24, 2.45) is 7.05 Å². The van der Waals surface area contributed by atoms with E-state index in [1.807, 2.05) is 0 Å². The lowest BCUT2D eigenvalue weighted by Gasteiger charge is -2.00. The summed E-state index contributed by atoms with van der Waals surface area (Å²) in [5, 5.41) is 21.9. The quantitative estimate of drug-likeness (QED) is 0.758. The molecule has 2 aromatic heterocycles. The predicted molar refractivity (Wildman–Crippen MR) is 52.4 cm³/mol. The van der Waals surface area contributed by atoms with Gasteiger partial charge in [-0.15, -0.1) is 0 Å². The SMILES string of the molecule is Cn1ncc2c(C(=O)O)cc(C(=O)O)nc21. The highest BCUT2D eigenvalue weighted by atomic mass is 16.4.